The van der Waals surface area contributed by atoms with Crippen molar-refractivity contribution >= 4 is 22.5 Å². The number of aromatic nitrogens is 1. The molecule has 9 heteroatoms. The second kappa shape index (κ2) is 9.06. The van der Waals surface area contributed by atoms with Crippen molar-refractivity contribution in [3.63, 3.8) is 0 Å². The number of carbonyl (C=O) groups is 1. The van der Waals surface area contributed by atoms with E-state index in [0.717, 1.165) is 31.0 Å². The maximum absolute atomic E-state index is 13.8. The number of carbonyl (C=O) groups excluding carboxylic acids is 1. The molecule has 0 bridgehead atoms. The van der Waals surface area contributed by atoms with Gasteiger partial charge in [0.15, 0.2) is 0 Å². The topological polar surface area (TPSA) is 77.8 Å². The van der Waals surface area contributed by atoms with Gasteiger partial charge in [-0.05, 0) is 68.1 Å². The van der Waals surface area contributed by atoms with Crippen LogP contribution in [0.1, 0.15) is 47.3 Å². The maximum Gasteiger partial charge on any atom is 0.433 e. The van der Waals surface area contributed by atoms with Crippen LogP contribution in [0.25, 0.3) is 10.9 Å². The average Bonchev–Trinajstić information content (AvgIpc) is 2.79. The molecule has 1 aromatic heterocycles. The quantitative estimate of drug-likeness (QED) is 0.514. The Kier molecular flexibility index (Phi) is 6.18. The second-order valence-electron chi connectivity index (χ2n) is 8.09. The van der Waals surface area contributed by atoms with Gasteiger partial charge in [-0.2, -0.15) is 18.4 Å². The van der Waals surface area contributed by atoms with Gasteiger partial charge < -0.3 is 10.6 Å². The number of halogens is 4. The molecule has 1 fully saturated rings. The molecular formula is C24H20F4N4O. The number of benzene rings is 2. The van der Waals surface area contributed by atoms with Gasteiger partial charge >= 0.3 is 6.18 Å². The van der Waals surface area contributed by atoms with Crippen LogP contribution in [-0.4, -0.2) is 23.0 Å². The summed E-state index contributed by atoms with van der Waals surface area (Å²) < 4.78 is 53.8. The number of rotatable bonds is 4. The van der Waals surface area contributed by atoms with E-state index in [2.05, 4.69) is 15.6 Å². The van der Waals surface area contributed by atoms with E-state index in [-0.39, 0.29) is 34.6 Å². The van der Waals surface area contributed by atoms with Crippen molar-refractivity contribution in [1.29, 1.82) is 5.26 Å². The molecule has 0 radical (unpaired) electrons. The third-order valence-electron chi connectivity index (χ3n) is 5.68. The molecule has 2 aromatic carbocycles. The fourth-order valence-electron chi connectivity index (χ4n) is 4.13. The van der Waals surface area contributed by atoms with Crippen LogP contribution >= 0.6 is 0 Å². The Hall–Kier alpha value is -3.67. The first-order valence-corrected chi connectivity index (χ1v) is 10.5. The van der Waals surface area contributed by atoms with Crippen molar-refractivity contribution in [3.05, 3.63) is 71.2 Å². The number of nitrogens with one attached hydrogen (secondary N) is 2. The van der Waals surface area contributed by atoms with Crippen molar-refractivity contribution in [2.45, 2.75) is 43.9 Å². The minimum absolute atomic E-state index is 0.0479. The minimum Gasteiger partial charge on any atom is -0.382 e. The number of alkyl halides is 3. The molecule has 1 heterocycles. The number of anilines is 1. The standard InChI is InChI=1S/C24H20F4N4O/c25-16-7-8-20-19(10-16)21(12-22(32-20)24(26,27)28)30-17-5-2-6-18(11-17)31-23(33)15-4-1-3-14(9-15)13-29/h1,3-4,7-10,12,17-18H,2,5-6,11H2,(H,30,32)(H,31,33)/t17-,18?/m0/s1. The third kappa shape index (κ3) is 5.22. The molecule has 0 aliphatic heterocycles. The predicted molar refractivity (Wildman–Crippen MR) is 115 cm³/mol. The van der Waals surface area contributed by atoms with E-state index in [4.69, 9.17) is 5.26 Å². The largest absolute Gasteiger partial charge is 0.433 e. The van der Waals surface area contributed by atoms with E-state index in [0.29, 0.717) is 24.0 Å². The monoisotopic (exact) mass is 456 g/mol. The van der Waals surface area contributed by atoms with Crippen LogP contribution in [0, 0.1) is 17.1 Å². The molecule has 4 rings (SSSR count). The van der Waals surface area contributed by atoms with Gasteiger partial charge in [-0.15, -0.1) is 0 Å². The van der Waals surface area contributed by atoms with Crippen molar-refractivity contribution in [2.24, 2.45) is 0 Å². The highest BCUT2D eigenvalue weighted by Gasteiger charge is 2.34. The summed E-state index contributed by atoms with van der Waals surface area (Å²) in [5.41, 5.74) is -0.0999. The Balaban J connectivity index is 1.53. The second-order valence-corrected chi connectivity index (χ2v) is 8.09. The number of nitriles is 1. The molecule has 170 valence electrons. The third-order valence-corrected chi connectivity index (χ3v) is 5.68. The maximum atomic E-state index is 13.8. The van der Waals surface area contributed by atoms with E-state index in [1.54, 1.807) is 18.2 Å². The zero-order valence-corrected chi connectivity index (χ0v) is 17.4. The van der Waals surface area contributed by atoms with Gasteiger partial charge in [0.2, 0.25) is 0 Å². The van der Waals surface area contributed by atoms with Gasteiger partial charge in [0.1, 0.15) is 11.5 Å². The normalized spacial score (nSPS) is 18.5. The van der Waals surface area contributed by atoms with E-state index in [1.165, 1.54) is 12.1 Å². The number of hydrogen-bond donors (Lipinski definition) is 2. The van der Waals surface area contributed by atoms with Gasteiger partial charge in [-0.1, -0.05) is 6.07 Å². The molecule has 0 spiro atoms. The van der Waals surface area contributed by atoms with E-state index < -0.39 is 17.7 Å². The van der Waals surface area contributed by atoms with Crippen LogP contribution in [0.5, 0.6) is 0 Å². The first-order chi connectivity index (χ1) is 15.7. The van der Waals surface area contributed by atoms with Crippen molar-refractivity contribution in [1.82, 2.24) is 10.3 Å². The lowest BCUT2D eigenvalue weighted by atomic mass is 9.90. The van der Waals surface area contributed by atoms with Crippen LogP contribution in [0.4, 0.5) is 23.2 Å². The highest BCUT2D eigenvalue weighted by molar-refractivity contribution is 5.95. The Bertz CT molecular complexity index is 1240. The van der Waals surface area contributed by atoms with Crippen molar-refractivity contribution in [2.75, 3.05) is 5.32 Å². The van der Waals surface area contributed by atoms with Gasteiger partial charge in [0.05, 0.1) is 17.1 Å². The Morgan fingerprint density at radius 2 is 1.88 bits per heavy atom. The zero-order valence-electron chi connectivity index (χ0n) is 17.4. The molecular weight excluding hydrogens is 436 g/mol. The van der Waals surface area contributed by atoms with Crippen LogP contribution in [0.15, 0.2) is 48.5 Å². The summed E-state index contributed by atoms with van der Waals surface area (Å²) in [5.74, 6) is -0.881. The lowest BCUT2D eigenvalue weighted by Crippen LogP contribution is -2.41. The fourth-order valence-corrected chi connectivity index (χ4v) is 4.13. The van der Waals surface area contributed by atoms with Crippen LogP contribution in [-0.2, 0) is 6.18 Å². The van der Waals surface area contributed by atoms with E-state index >= 15 is 0 Å². The molecule has 1 aliphatic carbocycles. The molecule has 5 nitrogen and oxygen atoms in total. The van der Waals surface area contributed by atoms with Gasteiger partial charge in [-0.25, -0.2) is 9.37 Å². The lowest BCUT2D eigenvalue weighted by molar-refractivity contribution is -0.140. The molecule has 2 N–H and O–H groups in total. The number of nitrogens with zero attached hydrogens (tertiary/aromatic N) is 2. The smallest absolute Gasteiger partial charge is 0.382 e. The van der Waals surface area contributed by atoms with Crippen LogP contribution in [0.3, 0.4) is 0 Å². The van der Waals surface area contributed by atoms with Crippen LogP contribution < -0.4 is 10.6 Å². The Labute approximate surface area is 187 Å². The summed E-state index contributed by atoms with van der Waals surface area (Å²) in [5, 5.41) is 15.3. The van der Waals surface area contributed by atoms with Crippen LogP contribution in [0.2, 0.25) is 0 Å². The lowest BCUT2D eigenvalue weighted by Gasteiger charge is -2.31. The first kappa shape index (κ1) is 22.5. The summed E-state index contributed by atoms with van der Waals surface area (Å²) in [6.07, 6.45) is -1.98. The molecule has 33 heavy (non-hydrogen) atoms. The molecule has 0 saturated heterocycles. The molecule has 3 aromatic rings. The highest BCUT2D eigenvalue weighted by atomic mass is 19.4. The predicted octanol–water partition coefficient (Wildman–Crippen LogP) is 5.42. The summed E-state index contributed by atoms with van der Waals surface area (Å²) in [6, 6.07) is 12.3. The SMILES string of the molecule is N#Cc1cccc(C(=O)NC2CCC[C@H](Nc3cc(C(F)(F)F)nc4ccc(F)cc34)C2)c1. The summed E-state index contributed by atoms with van der Waals surface area (Å²) >= 11 is 0. The van der Waals surface area contributed by atoms with Crippen molar-refractivity contribution < 1.29 is 22.4 Å². The summed E-state index contributed by atoms with van der Waals surface area (Å²) in [7, 11) is 0. The number of pyridine rings is 1. The number of fused-ring (bicyclic) bond motifs is 1. The Morgan fingerprint density at radius 3 is 2.64 bits per heavy atom. The fraction of sp³-hybridized carbons (Fsp3) is 0.292. The molecule has 1 amide bonds. The van der Waals surface area contributed by atoms with Gasteiger partial charge in [-0.3, -0.25) is 4.79 Å². The number of hydrogen-bond acceptors (Lipinski definition) is 4. The number of amides is 1. The van der Waals surface area contributed by atoms with E-state index in [1.807, 2.05) is 6.07 Å². The summed E-state index contributed by atoms with van der Waals surface area (Å²) in [6.45, 7) is 0. The van der Waals surface area contributed by atoms with E-state index in [9.17, 15) is 22.4 Å². The Morgan fingerprint density at radius 1 is 1.09 bits per heavy atom. The minimum atomic E-state index is -4.64. The average molecular weight is 456 g/mol. The van der Waals surface area contributed by atoms with Gasteiger partial charge in [0.25, 0.3) is 5.91 Å². The zero-order chi connectivity index (χ0) is 23.6. The summed E-state index contributed by atoms with van der Waals surface area (Å²) in [4.78, 5) is 16.2. The molecule has 1 saturated carbocycles. The molecule has 1 unspecified atom stereocenters. The van der Waals surface area contributed by atoms with Gasteiger partial charge in [0, 0.05) is 28.7 Å². The van der Waals surface area contributed by atoms with Crippen molar-refractivity contribution in [3.8, 4) is 6.07 Å². The highest BCUT2D eigenvalue weighted by Crippen LogP contribution is 2.34. The molecule has 1 aliphatic rings. The first-order valence-electron chi connectivity index (χ1n) is 10.5. The molecule has 2 atom stereocenters.